The van der Waals surface area contributed by atoms with Crippen LogP contribution in [0.1, 0.15) is 27.4 Å². The Labute approximate surface area is 119 Å². The molecule has 1 atom stereocenters. The minimum absolute atomic E-state index is 0.0820. The van der Waals surface area contributed by atoms with Crippen LogP contribution in [-0.2, 0) is 0 Å². The molecule has 3 rings (SSSR count). The number of carbonyl (C=O) groups is 1. The van der Waals surface area contributed by atoms with Crippen LogP contribution in [0, 0.1) is 0 Å². The molecule has 0 aromatic heterocycles. The van der Waals surface area contributed by atoms with E-state index < -0.39 is 0 Å². The first-order valence-electron chi connectivity index (χ1n) is 6.09. The minimum atomic E-state index is -0.0820. The number of nitrogens with one attached hydrogen (secondary N) is 1. The summed E-state index contributed by atoms with van der Waals surface area (Å²) in [5.41, 5.74) is 9.26. The Bertz CT molecular complexity index is 637. The molecule has 2 aromatic carbocycles. The zero-order chi connectivity index (χ0) is 13.4. The summed E-state index contributed by atoms with van der Waals surface area (Å²) in [6, 6.07) is 13.8. The fourth-order valence-corrected chi connectivity index (χ4v) is 2.79. The van der Waals surface area contributed by atoms with Crippen LogP contribution in [0.15, 0.2) is 46.9 Å². The van der Waals surface area contributed by atoms with E-state index in [2.05, 4.69) is 33.4 Å². The molecule has 1 heterocycles. The lowest BCUT2D eigenvalue weighted by Crippen LogP contribution is -2.36. The maximum atomic E-state index is 11.9. The van der Waals surface area contributed by atoms with Gasteiger partial charge in [0.25, 0.3) is 5.91 Å². The van der Waals surface area contributed by atoms with Gasteiger partial charge in [0.05, 0.1) is 5.56 Å². The number of hydrogen-bond acceptors (Lipinski definition) is 2. The number of nitrogens with two attached hydrogens (primary N) is 1. The maximum Gasteiger partial charge on any atom is 0.253 e. The van der Waals surface area contributed by atoms with E-state index in [-0.39, 0.29) is 11.8 Å². The van der Waals surface area contributed by atoms with Crippen molar-refractivity contribution in [3.8, 4) is 0 Å². The van der Waals surface area contributed by atoms with Crippen molar-refractivity contribution in [1.29, 1.82) is 0 Å². The quantitative estimate of drug-likeness (QED) is 0.795. The smallest absolute Gasteiger partial charge is 0.253 e. The summed E-state index contributed by atoms with van der Waals surface area (Å²) in [5, 5.41) is 2.91. The Morgan fingerprint density at radius 1 is 1.16 bits per heavy atom. The zero-order valence-electron chi connectivity index (χ0n) is 10.2. The SMILES string of the molecule is Nc1cccc2c1C(=O)NCC2c1ccc(Br)cc1. The van der Waals surface area contributed by atoms with Crippen molar-refractivity contribution in [2.24, 2.45) is 0 Å². The first-order chi connectivity index (χ1) is 9.16. The molecule has 1 aliphatic rings. The van der Waals surface area contributed by atoms with Gasteiger partial charge in [0.1, 0.15) is 0 Å². The lowest BCUT2D eigenvalue weighted by Gasteiger charge is -2.27. The van der Waals surface area contributed by atoms with Gasteiger partial charge in [-0.05, 0) is 29.3 Å². The number of rotatable bonds is 1. The highest BCUT2D eigenvalue weighted by molar-refractivity contribution is 9.10. The van der Waals surface area contributed by atoms with Gasteiger partial charge in [0.15, 0.2) is 0 Å². The van der Waals surface area contributed by atoms with Gasteiger partial charge in [-0.1, -0.05) is 40.2 Å². The largest absolute Gasteiger partial charge is 0.398 e. The zero-order valence-corrected chi connectivity index (χ0v) is 11.8. The van der Waals surface area contributed by atoms with Crippen LogP contribution in [-0.4, -0.2) is 12.5 Å². The number of fused-ring (bicyclic) bond motifs is 1. The molecule has 1 amide bonds. The lowest BCUT2D eigenvalue weighted by molar-refractivity contribution is 0.0944. The summed E-state index contributed by atoms with van der Waals surface area (Å²) in [5.74, 6) is 0.0748. The number of anilines is 1. The second-order valence-corrected chi connectivity index (χ2v) is 5.54. The third-order valence-corrected chi connectivity index (χ3v) is 4.00. The van der Waals surface area contributed by atoms with Crippen molar-refractivity contribution >= 4 is 27.5 Å². The van der Waals surface area contributed by atoms with Gasteiger partial charge >= 0.3 is 0 Å². The van der Waals surface area contributed by atoms with Gasteiger partial charge in [0.2, 0.25) is 0 Å². The van der Waals surface area contributed by atoms with E-state index >= 15 is 0 Å². The number of benzene rings is 2. The van der Waals surface area contributed by atoms with Crippen LogP contribution in [0.5, 0.6) is 0 Å². The molecule has 1 unspecified atom stereocenters. The standard InChI is InChI=1S/C15H13BrN2O/c16-10-6-4-9(5-7-10)12-8-18-15(19)14-11(12)2-1-3-13(14)17/h1-7,12H,8,17H2,(H,18,19). The highest BCUT2D eigenvalue weighted by Crippen LogP contribution is 2.33. The van der Waals surface area contributed by atoms with Crippen LogP contribution in [0.25, 0.3) is 0 Å². The van der Waals surface area contributed by atoms with Crippen LogP contribution in [0.4, 0.5) is 5.69 Å². The van der Waals surface area contributed by atoms with E-state index in [0.717, 1.165) is 10.0 Å². The third kappa shape index (κ3) is 2.12. The molecule has 0 bridgehead atoms. The van der Waals surface area contributed by atoms with Gasteiger partial charge in [-0.3, -0.25) is 4.79 Å². The molecule has 4 heteroatoms. The van der Waals surface area contributed by atoms with E-state index in [1.165, 1.54) is 5.56 Å². The summed E-state index contributed by atoms with van der Waals surface area (Å²) in [6.07, 6.45) is 0. The molecule has 0 spiro atoms. The molecule has 0 saturated carbocycles. The maximum absolute atomic E-state index is 11.9. The highest BCUT2D eigenvalue weighted by Gasteiger charge is 2.27. The fourth-order valence-electron chi connectivity index (χ4n) is 2.53. The van der Waals surface area contributed by atoms with E-state index in [9.17, 15) is 4.79 Å². The van der Waals surface area contributed by atoms with Gasteiger partial charge in [-0.2, -0.15) is 0 Å². The van der Waals surface area contributed by atoms with E-state index in [4.69, 9.17) is 5.73 Å². The molecule has 3 N–H and O–H groups in total. The van der Waals surface area contributed by atoms with Crippen molar-refractivity contribution in [2.75, 3.05) is 12.3 Å². The van der Waals surface area contributed by atoms with Gasteiger partial charge < -0.3 is 11.1 Å². The van der Waals surface area contributed by atoms with Crippen molar-refractivity contribution in [3.63, 3.8) is 0 Å². The van der Waals surface area contributed by atoms with Crippen molar-refractivity contribution in [2.45, 2.75) is 5.92 Å². The fraction of sp³-hybridized carbons (Fsp3) is 0.133. The minimum Gasteiger partial charge on any atom is -0.398 e. The summed E-state index contributed by atoms with van der Waals surface area (Å²) in [4.78, 5) is 11.9. The Morgan fingerprint density at radius 3 is 2.63 bits per heavy atom. The monoisotopic (exact) mass is 316 g/mol. The summed E-state index contributed by atoms with van der Waals surface area (Å²) in [6.45, 7) is 0.608. The summed E-state index contributed by atoms with van der Waals surface area (Å²) in [7, 11) is 0. The van der Waals surface area contributed by atoms with E-state index in [1.54, 1.807) is 6.07 Å². The molecule has 3 nitrogen and oxygen atoms in total. The average molecular weight is 317 g/mol. The Hall–Kier alpha value is -1.81. The molecule has 1 aliphatic heterocycles. The Balaban J connectivity index is 2.11. The van der Waals surface area contributed by atoms with Gasteiger partial charge in [-0.15, -0.1) is 0 Å². The van der Waals surface area contributed by atoms with Crippen LogP contribution < -0.4 is 11.1 Å². The van der Waals surface area contributed by atoms with Gasteiger partial charge in [-0.25, -0.2) is 0 Å². The molecular weight excluding hydrogens is 304 g/mol. The summed E-state index contributed by atoms with van der Waals surface area (Å²) >= 11 is 3.43. The molecule has 96 valence electrons. The van der Waals surface area contributed by atoms with E-state index in [0.29, 0.717) is 17.8 Å². The van der Waals surface area contributed by atoms with Gasteiger partial charge in [0, 0.05) is 22.6 Å². The number of hydrogen-bond donors (Lipinski definition) is 2. The highest BCUT2D eigenvalue weighted by atomic mass is 79.9. The molecule has 2 aromatic rings. The van der Waals surface area contributed by atoms with Crippen LogP contribution in [0.2, 0.25) is 0 Å². The number of amides is 1. The van der Waals surface area contributed by atoms with Crippen LogP contribution in [0.3, 0.4) is 0 Å². The predicted molar refractivity (Wildman–Crippen MR) is 79.2 cm³/mol. The molecule has 0 radical (unpaired) electrons. The molecule has 19 heavy (non-hydrogen) atoms. The average Bonchev–Trinajstić information content (AvgIpc) is 2.41. The topological polar surface area (TPSA) is 55.1 Å². The third-order valence-electron chi connectivity index (χ3n) is 3.47. The number of nitrogen functional groups attached to an aromatic ring is 1. The van der Waals surface area contributed by atoms with Crippen molar-refractivity contribution in [3.05, 3.63) is 63.6 Å². The van der Waals surface area contributed by atoms with E-state index in [1.807, 2.05) is 24.3 Å². The van der Waals surface area contributed by atoms with Crippen molar-refractivity contribution in [1.82, 2.24) is 5.32 Å². The first-order valence-corrected chi connectivity index (χ1v) is 6.88. The van der Waals surface area contributed by atoms with Crippen molar-refractivity contribution < 1.29 is 4.79 Å². The molecular formula is C15H13BrN2O. The summed E-state index contributed by atoms with van der Waals surface area (Å²) < 4.78 is 1.05. The Morgan fingerprint density at radius 2 is 1.89 bits per heavy atom. The second-order valence-electron chi connectivity index (χ2n) is 4.63. The number of carbonyl (C=O) groups excluding carboxylic acids is 1. The molecule has 0 saturated heterocycles. The van der Waals surface area contributed by atoms with Crippen LogP contribution >= 0.6 is 15.9 Å². The first kappa shape index (κ1) is 12.2. The second kappa shape index (κ2) is 4.70. The molecule has 0 fully saturated rings. The lowest BCUT2D eigenvalue weighted by atomic mass is 9.84. The predicted octanol–water partition coefficient (Wildman–Crippen LogP) is 2.91. The normalized spacial score (nSPS) is 17.7. The number of halogens is 1. The Kier molecular flexibility index (Phi) is 3.03. The molecule has 0 aliphatic carbocycles.